The summed E-state index contributed by atoms with van der Waals surface area (Å²) in [6.07, 6.45) is 4.35. The van der Waals surface area contributed by atoms with E-state index in [-0.39, 0.29) is 29.3 Å². The Morgan fingerprint density at radius 1 is 0.953 bits per heavy atom. The second-order valence-corrected chi connectivity index (χ2v) is 13.2. The van der Waals surface area contributed by atoms with Gasteiger partial charge in [-0.15, -0.1) is 0 Å². The van der Waals surface area contributed by atoms with Gasteiger partial charge in [-0.05, 0) is 72.7 Å². The zero-order valence-corrected chi connectivity index (χ0v) is 26.3. The maximum atomic E-state index is 14.3. The van der Waals surface area contributed by atoms with E-state index in [0.29, 0.717) is 17.9 Å². The van der Waals surface area contributed by atoms with Crippen LogP contribution in [0.1, 0.15) is 69.9 Å². The molecule has 1 N–H and O–H groups in total. The summed E-state index contributed by atoms with van der Waals surface area (Å²) in [5.41, 5.74) is 2.21. The topological polar surface area (TPSA) is 96.0 Å². The predicted octanol–water partition coefficient (Wildman–Crippen LogP) is 5.88. The van der Waals surface area contributed by atoms with Crippen LogP contribution in [0.2, 0.25) is 0 Å². The summed E-state index contributed by atoms with van der Waals surface area (Å²) in [5, 5.41) is 3.14. The highest BCUT2D eigenvalue weighted by atomic mass is 32.2. The van der Waals surface area contributed by atoms with Crippen LogP contribution in [0, 0.1) is 0 Å². The predicted molar refractivity (Wildman–Crippen MR) is 170 cm³/mol. The number of sulfonamides is 1. The molecule has 0 aromatic heterocycles. The first-order valence-corrected chi connectivity index (χ1v) is 16.5. The summed E-state index contributed by atoms with van der Waals surface area (Å²) in [4.78, 5) is 29.5. The number of nitrogens with one attached hydrogen (secondary N) is 1. The average molecular weight is 606 g/mol. The molecule has 1 saturated carbocycles. The third-order valence-corrected chi connectivity index (χ3v) is 9.82. The molecule has 4 rings (SSSR count). The zero-order valence-electron chi connectivity index (χ0n) is 25.5. The molecule has 0 unspecified atom stereocenters. The molecule has 2 amide bonds. The van der Waals surface area contributed by atoms with Gasteiger partial charge in [0.05, 0.1) is 17.7 Å². The molecule has 1 atom stereocenters. The van der Waals surface area contributed by atoms with Crippen LogP contribution in [0.4, 0.5) is 5.69 Å². The minimum atomic E-state index is -4.11. The van der Waals surface area contributed by atoms with Crippen LogP contribution in [0.25, 0.3) is 0 Å². The number of amides is 2. The number of methoxy groups -OCH3 is 1. The molecule has 0 radical (unpaired) electrons. The third-order valence-electron chi connectivity index (χ3n) is 8.03. The lowest BCUT2D eigenvalue weighted by Crippen LogP contribution is -2.53. The number of nitrogens with zero attached hydrogens (tertiary/aromatic N) is 2. The highest BCUT2D eigenvalue weighted by Gasteiger charge is 2.34. The molecule has 1 aliphatic carbocycles. The Morgan fingerprint density at radius 3 is 2.23 bits per heavy atom. The number of hydrogen-bond donors (Lipinski definition) is 1. The molecule has 230 valence electrons. The van der Waals surface area contributed by atoms with Gasteiger partial charge >= 0.3 is 0 Å². The monoisotopic (exact) mass is 605 g/mol. The molecule has 3 aromatic carbocycles. The van der Waals surface area contributed by atoms with Crippen LogP contribution in [-0.2, 0) is 26.2 Å². The summed E-state index contributed by atoms with van der Waals surface area (Å²) >= 11 is 0. The lowest BCUT2D eigenvalue weighted by molar-refractivity contribution is -0.140. The molecule has 3 aromatic rings. The number of carbonyl (C=O) groups excluding carboxylic acids is 2. The fraction of sp³-hybridized carbons (Fsp3) is 0.412. The maximum absolute atomic E-state index is 14.3. The standard InChI is InChI=1S/C34H43N3O5S/c1-5-32(34(39)35-28-13-9-10-14-28)36(23-26-12-11-15-30(22-26)42-4)33(38)24-37(29-20-18-27(19-21-29)25(2)3)43(40,41)31-16-7-6-8-17-31/h6-8,11-12,15-22,25,28,32H,5,9-10,13-14,23-24H2,1-4H3,(H,35,39)/t32-/m1/s1. The first-order chi connectivity index (χ1) is 20.6. The Bertz CT molecular complexity index is 1470. The smallest absolute Gasteiger partial charge is 0.264 e. The van der Waals surface area contributed by atoms with Crippen LogP contribution in [0.5, 0.6) is 5.75 Å². The Kier molecular flexibility index (Phi) is 10.9. The summed E-state index contributed by atoms with van der Waals surface area (Å²) in [7, 11) is -2.53. The van der Waals surface area contributed by atoms with Gasteiger partial charge in [0, 0.05) is 12.6 Å². The second kappa shape index (κ2) is 14.6. The van der Waals surface area contributed by atoms with E-state index in [1.165, 1.54) is 17.0 Å². The molecule has 1 aliphatic rings. The number of anilines is 1. The van der Waals surface area contributed by atoms with Crippen molar-refractivity contribution in [1.29, 1.82) is 0 Å². The molecule has 0 spiro atoms. The van der Waals surface area contributed by atoms with E-state index in [9.17, 15) is 18.0 Å². The molecule has 0 saturated heterocycles. The van der Waals surface area contributed by atoms with Gasteiger partial charge < -0.3 is 15.0 Å². The van der Waals surface area contributed by atoms with Gasteiger partial charge in [0.1, 0.15) is 18.3 Å². The van der Waals surface area contributed by atoms with E-state index in [4.69, 9.17) is 4.74 Å². The summed E-state index contributed by atoms with van der Waals surface area (Å²) in [6.45, 7) is 5.66. The van der Waals surface area contributed by atoms with Crippen molar-refractivity contribution in [2.75, 3.05) is 18.0 Å². The van der Waals surface area contributed by atoms with E-state index in [2.05, 4.69) is 19.2 Å². The lowest BCUT2D eigenvalue weighted by atomic mass is 10.0. The summed E-state index contributed by atoms with van der Waals surface area (Å²) in [5.74, 6) is 0.205. The van der Waals surface area contributed by atoms with E-state index >= 15 is 0 Å². The molecule has 8 nitrogen and oxygen atoms in total. The lowest BCUT2D eigenvalue weighted by Gasteiger charge is -2.34. The molecule has 9 heteroatoms. The van der Waals surface area contributed by atoms with Crippen molar-refractivity contribution in [2.24, 2.45) is 0 Å². The normalized spacial score (nSPS) is 14.3. The number of hydrogen-bond acceptors (Lipinski definition) is 5. The van der Waals surface area contributed by atoms with Crippen LogP contribution in [0.3, 0.4) is 0 Å². The van der Waals surface area contributed by atoms with Gasteiger partial charge in [-0.2, -0.15) is 0 Å². The van der Waals surface area contributed by atoms with Crippen LogP contribution in [0.15, 0.2) is 83.8 Å². The Morgan fingerprint density at radius 2 is 1.63 bits per heavy atom. The van der Waals surface area contributed by atoms with Gasteiger partial charge in [0.25, 0.3) is 10.0 Å². The average Bonchev–Trinajstić information content (AvgIpc) is 3.53. The van der Waals surface area contributed by atoms with E-state index in [1.807, 2.05) is 43.3 Å². The Labute approximate surface area is 256 Å². The molecule has 43 heavy (non-hydrogen) atoms. The van der Waals surface area contributed by atoms with Crippen LogP contribution >= 0.6 is 0 Å². The van der Waals surface area contributed by atoms with Crippen molar-refractivity contribution < 1.29 is 22.7 Å². The number of ether oxygens (including phenoxy) is 1. The molecule has 0 bridgehead atoms. The van der Waals surface area contributed by atoms with Crippen molar-refractivity contribution in [3.8, 4) is 5.75 Å². The van der Waals surface area contributed by atoms with Crippen molar-refractivity contribution >= 4 is 27.5 Å². The van der Waals surface area contributed by atoms with Gasteiger partial charge in [-0.25, -0.2) is 8.42 Å². The fourth-order valence-electron chi connectivity index (χ4n) is 5.53. The second-order valence-electron chi connectivity index (χ2n) is 11.4. The largest absolute Gasteiger partial charge is 0.497 e. The Hall–Kier alpha value is -3.85. The maximum Gasteiger partial charge on any atom is 0.264 e. The van der Waals surface area contributed by atoms with Crippen molar-refractivity contribution in [2.45, 2.75) is 82.3 Å². The third kappa shape index (κ3) is 7.96. The van der Waals surface area contributed by atoms with E-state index in [0.717, 1.165) is 41.1 Å². The van der Waals surface area contributed by atoms with Crippen LogP contribution in [-0.4, -0.2) is 50.9 Å². The molecule has 0 heterocycles. The number of rotatable bonds is 13. The molecule has 0 aliphatic heterocycles. The fourth-order valence-corrected chi connectivity index (χ4v) is 6.96. The number of carbonyl (C=O) groups is 2. The van der Waals surface area contributed by atoms with Gasteiger partial charge in [-0.1, -0.05) is 76.1 Å². The SMILES string of the molecule is CC[C@H](C(=O)NC1CCCC1)N(Cc1cccc(OC)c1)C(=O)CN(c1ccc(C(C)C)cc1)S(=O)(=O)c1ccccc1. The van der Waals surface area contributed by atoms with E-state index < -0.39 is 28.5 Å². The highest BCUT2D eigenvalue weighted by molar-refractivity contribution is 7.92. The summed E-state index contributed by atoms with van der Waals surface area (Å²) < 4.78 is 34.6. The first kappa shape index (κ1) is 32.1. The van der Waals surface area contributed by atoms with Crippen LogP contribution < -0.4 is 14.4 Å². The van der Waals surface area contributed by atoms with Gasteiger partial charge in [-0.3, -0.25) is 13.9 Å². The quantitative estimate of drug-likeness (QED) is 0.263. The summed E-state index contributed by atoms with van der Waals surface area (Å²) in [6, 6.07) is 22.0. The van der Waals surface area contributed by atoms with Gasteiger partial charge in [0.2, 0.25) is 11.8 Å². The zero-order chi connectivity index (χ0) is 31.0. The van der Waals surface area contributed by atoms with Crippen molar-refractivity contribution in [3.05, 3.63) is 90.0 Å². The molecular formula is C34H43N3O5S. The van der Waals surface area contributed by atoms with E-state index in [1.54, 1.807) is 37.4 Å². The number of benzene rings is 3. The highest BCUT2D eigenvalue weighted by Crippen LogP contribution is 2.27. The molecule has 1 fully saturated rings. The van der Waals surface area contributed by atoms with Crippen molar-refractivity contribution in [3.63, 3.8) is 0 Å². The first-order valence-electron chi connectivity index (χ1n) is 15.0. The minimum Gasteiger partial charge on any atom is -0.497 e. The van der Waals surface area contributed by atoms with Gasteiger partial charge in [0.15, 0.2) is 0 Å². The van der Waals surface area contributed by atoms with Crippen molar-refractivity contribution in [1.82, 2.24) is 10.2 Å². The molecular weight excluding hydrogens is 562 g/mol. The Balaban J connectivity index is 1.72. The minimum absolute atomic E-state index is 0.0844.